The maximum absolute atomic E-state index is 7.42. The molecule has 3 N–H and O–H groups in total. The summed E-state index contributed by atoms with van der Waals surface area (Å²) in [6.45, 7) is 5.34. The normalized spacial score (nSPS) is 19.0. The largest absolute Gasteiger partial charge is 0.386 e. The van der Waals surface area contributed by atoms with Gasteiger partial charge in [0.1, 0.15) is 5.84 Å². The maximum Gasteiger partial charge on any atom is 0.108 e. The van der Waals surface area contributed by atoms with Gasteiger partial charge in [0.25, 0.3) is 0 Å². The number of nitrogens with two attached hydrogens (primary N) is 1. The van der Waals surface area contributed by atoms with Gasteiger partial charge >= 0.3 is 0 Å². The first kappa shape index (κ1) is 10.5. The van der Waals surface area contributed by atoms with E-state index in [1.807, 2.05) is 6.92 Å². The third-order valence-electron chi connectivity index (χ3n) is 2.73. The molecule has 0 aromatic heterocycles. The Labute approximate surface area is 80.8 Å². The molecule has 0 amide bonds. The average Bonchev–Trinajstić information content (AvgIpc) is 2.88. The third-order valence-corrected chi connectivity index (χ3v) is 2.73. The summed E-state index contributed by atoms with van der Waals surface area (Å²) in [6, 6.07) is 0.851. The molecule has 1 aliphatic rings. The van der Waals surface area contributed by atoms with Crippen molar-refractivity contribution in [3.63, 3.8) is 0 Å². The molecule has 0 radical (unpaired) electrons. The first-order valence-electron chi connectivity index (χ1n) is 5.26. The number of hydrogen-bond acceptors (Lipinski definition) is 2. The summed E-state index contributed by atoms with van der Waals surface area (Å²) in [4.78, 5) is 2.38. The number of nitrogens with zero attached hydrogens (tertiary/aromatic N) is 1. The van der Waals surface area contributed by atoms with Gasteiger partial charge < -0.3 is 5.73 Å². The van der Waals surface area contributed by atoms with Crippen molar-refractivity contribution in [3.8, 4) is 0 Å². The quantitative estimate of drug-likeness (QED) is 0.485. The van der Waals surface area contributed by atoms with E-state index in [4.69, 9.17) is 11.1 Å². The van der Waals surface area contributed by atoms with Gasteiger partial charge in [-0.2, -0.15) is 0 Å². The Morgan fingerprint density at radius 3 is 2.62 bits per heavy atom. The van der Waals surface area contributed by atoms with E-state index in [2.05, 4.69) is 11.8 Å². The SMILES string of the molecule is CCCCN(C1CC1)C(C)C(=N)N. The minimum Gasteiger partial charge on any atom is -0.386 e. The lowest BCUT2D eigenvalue weighted by Gasteiger charge is -2.27. The van der Waals surface area contributed by atoms with E-state index >= 15 is 0 Å². The van der Waals surface area contributed by atoms with Crippen LogP contribution >= 0.6 is 0 Å². The van der Waals surface area contributed by atoms with Gasteiger partial charge in [0.15, 0.2) is 0 Å². The molecule has 1 aliphatic carbocycles. The minimum atomic E-state index is 0.138. The summed E-state index contributed by atoms with van der Waals surface area (Å²) < 4.78 is 0. The average molecular weight is 183 g/mol. The predicted molar refractivity (Wildman–Crippen MR) is 56.0 cm³/mol. The van der Waals surface area contributed by atoms with Crippen LogP contribution in [0.1, 0.15) is 39.5 Å². The number of unbranched alkanes of at least 4 members (excludes halogenated alkanes) is 1. The Hall–Kier alpha value is -0.570. The molecule has 1 saturated carbocycles. The van der Waals surface area contributed by atoms with Crippen molar-refractivity contribution in [3.05, 3.63) is 0 Å². The molecule has 13 heavy (non-hydrogen) atoms. The number of rotatable bonds is 6. The Morgan fingerprint density at radius 1 is 1.62 bits per heavy atom. The Bertz CT molecular complexity index is 175. The zero-order valence-electron chi connectivity index (χ0n) is 8.71. The van der Waals surface area contributed by atoms with E-state index < -0.39 is 0 Å². The second-order valence-electron chi connectivity index (χ2n) is 3.95. The molecular formula is C10H21N3. The van der Waals surface area contributed by atoms with E-state index in [0.29, 0.717) is 11.9 Å². The highest BCUT2D eigenvalue weighted by Gasteiger charge is 2.32. The molecular weight excluding hydrogens is 162 g/mol. The summed E-state index contributed by atoms with van der Waals surface area (Å²) >= 11 is 0. The second-order valence-corrected chi connectivity index (χ2v) is 3.95. The lowest BCUT2D eigenvalue weighted by molar-refractivity contribution is 0.237. The molecule has 1 atom stereocenters. The number of nitrogens with one attached hydrogen (secondary N) is 1. The minimum absolute atomic E-state index is 0.138. The molecule has 1 unspecified atom stereocenters. The molecule has 1 fully saturated rings. The van der Waals surface area contributed by atoms with E-state index in [9.17, 15) is 0 Å². The van der Waals surface area contributed by atoms with E-state index in [1.165, 1.54) is 25.7 Å². The Morgan fingerprint density at radius 2 is 2.23 bits per heavy atom. The summed E-state index contributed by atoms with van der Waals surface area (Å²) in [7, 11) is 0. The maximum atomic E-state index is 7.42. The fourth-order valence-electron chi connectivity index (χ4n) is 1.62. The van der Waals surface area contributed by atoms with Gasteiger partial charge in [-0.25, -0.2) is 0 Å². The standard InChI is InChI=1S/C10H21N3/c1-3-4-7-13(9-5-6-9)8(2)10(11)12/h8-9H,3-7H2,1-2H3,(H3,11,12). The predicted octanol–water partition coefficient (Wildman–Crippen LogP) is 1.58. The third kappa shape index (κ3) is 2.99. The van der Waals surface area contributed by atoms with Crippen molar-refractivity contribution < 1.29 is 0 Å². The van der Waals surface area contributed by atoms with Crippen molar-refractivity contribution in [2.75, 3.05) is 6.54 Å². The van der Waals surface area contributed by atoms with Crippen LogP contribution in [0.2, 0.25) is 0 Å². The van der Waals surface area contributed by atoms with Crippen molar-refractivity contribution in [2.45, 2.75) is 51.6 Å². The van der Waals surface area contributed by atoms with E-state index in [0.717, 1.165) is 6.54 Å². The first-order valence-corrected chi connectivity index (χ1v) is 5.26. The van der Waals surface area contributed by atoms with Crippen molar-refractivity contribution in [2.24, 2.45) is 5.73 Å². The zero-order chi connectivity index (χ0) is 9.84. The molecule has 1 rings (SSSR count). The highest BCUT2D eigenvalue weighted by Crippen LogP contribution is 2.28. The highest BCUT2D eigenvalue weighted by molar-refractivity contribution is 5.82. The van der Waals surface area contributed by atoms with Gasteiger partial charge in [-0.1, -0.05) is 13.3 Å². The molecule has 3 nitrogen and oxygen atoms in total. The Kier molecular flexibility index (Phi) is 3.72. The van der Waals surface area contributed by atoms with Gasteiger partial charge in [-0.3, -0.25) is 10.3 Å². The van der Waals surface area contributed by atoms with Gasteiger partial charge in [0.2, 0.25) is 0 Å². The van der Waals surface area contributed by atoms with Crippen molar-refractivity contribution >= 4 is 5.84 Å². The lowest BCUT2D eigenvalue weighted by atomic mass is 10.2. The molecule has 0 aliphatic heterocycles. The lowest BCUT2D eigenvalue weighted by Crippen LogP contribution is -2.44. The fraction of sp³-hybridized carbons (Fsp3) is 0.900. The van der Waals surface area contributed by atoms with Gasteiger partial charge in [-0.15, -0.1) is 0 Å². The summed E-state index contributed by atoms with van der Waals surface area (Å²) in [5.74, 6) is 0.308. The smallest absolute Gasteiger partial charge is 0.108 e. The van der Waals surface area contributed by atoms with Crippen LogP contribution in [0.4, 0.5) is 0 Å². The molecule has 0 bridgehead atoms. The van der Waals surface area contributed by atoms with E-state index in [-0.39, 0.29) is 6.04 Å². The fourth-order valence-corrected chi connectivity index (χ4v) is 1.62. The highest BCUT2D eigenvalue weighted by atomic mass is 15.2. The summed E-state index contributed by atoms with van der Waals surface area (Å²) in [6.07, 6.45) is 5.02. The first-order chi connectivity index (χ1) is 6.16. The molecule has 0 heterocycles. The molecule has 0 aromatic carbocycles. The van der Waals surface area contributed by atoms with Crippen LogP contribution in [-0.2, 0) is 0 Å². The van der Waals surface area contributed by atoms with Crippen LogP contribution < -0.4 is 5.73 Å². The van der Waals surface area contributed by atoms with Crippen LogP contribution in [0.5, 0.6) is 0 Å². The van der Waals surface area contributed by atoms with Crippen molar-refractivity contribution in [1.29, 1.82) is 5.41 Å². The monoisotopic (exact) mass is 183 g/mol. The van der Waals surface area contributed by atoms with Gasteiger partial charge in [-0.05, 0) is 32.7 Å². The Balaban J connectivity index is 2.40. The van der Waals surface area contributed by atoms with Crippen LogP contribution in [0.25, 0.3) is 0 Å². The molecule has 3 heteroatoms. The summed E-state index contributed by atoms with van der Waals surface area (Å²) in [5.41, 5.74) is 5.52. The number of hydrogen-bond donors (Lipinski definition) is 2. The van der Waals surface area contributed by atoms with Crippen LogP contribution in [0, 0.1) is 5.41 Å². The van der Waals surface area contributed by atoms with Crippen LogP contribution in [0.3, 0.4) is 0 Å². The molecule has 0 spiro atoms. The van der Waals surface area contributed by atoms with Gasteiger partial charge in [0, 0.05) is 6.04 Å². The topological polar surface area (TPSA) is 53.1 Å². The van der Waals surface area contributed by atoms with Crippen molar-refractivity contribution in [1.82, 2.24) is 4.90 Å². The molecule has 0 aromatic rings. The van der Waals surface area contributed by atoms with Crippen LogP contribution in [0.15, 0.2) is 0 Å². The molecule has 0 saturated heterocycles. The second kappa shape index (κ2) is 4.61. The van der Waals surface area contributed by atoms with Gasteiger partial charge in [0.05, 0.1) is 6.04 Å². The molecule has 76 valence electrons. The summed E-state index contributed by atoms with van der Waals surface area (Å²) in [5, 5.41) is 7.42. The zero-order valence-corrected chi connectivity index (χ0v) is 8.71. The van der Waals surface area contributed by atoms with E-state index in [1.54, 1.807) is 0 Å². The number of amidine groups is 1. The van der Waals surface area contributed by atoms with Crippen LogP contribution in [-0.4, -0.2) is 29.4 Å².